The number of likely N-dealkylation sites (tertiary alicyclic amines) is 1. The number of β-amino-alcohol motifs (C(OH)–C–C–N with tert-alkyl or cyclic N) is 1. The third-order valence-corrected chi connectivity index (χ3v) is 15.9. The molecule has 3 saturated heterocycles. The van der Waals surface area contributed by atoms with Crippen molar-refractivity contribution in [3.63, 3.8) is 0 Å². The quantitative estimate of drug-likeness (QED) is 0.0407. The van der Waals surface area contributed by atoms with Crippen molar-refractivity contribution in [2.75, 3.05) is 79.4 Å². The molecule has 6 N–H and O–H groups in total. The van der Waals surface area contributed by atoms with Crippen molar-refractivity contribution in [1.29, 1.82) is 0 Å². The van der Waals surface area contributed by atoms with Gasteiger partial charge in [0.15, 0.2) is 0 Å². The number of aliphatic hydroxyl groups is 2. The second-order valence-electron chi connectivity index (χ2n) is 21.7. The molecule has 0 radical (unpaired) electrons. The maximum absolute atomic E-state index is 14.1. The minimum atomic E-state index is -0.858. The first kappa shape index (κ1) is 54.9. The second kappa shape index (κ2) is 25.1. The van der Waals surface area contributed by atoms with Crippen LogP contribution >= 0.6 is 11.3 Å². The average molecular weight is 1070 g/mol. The number of hydrogen-bond acceptors (Lipinski definition) is 16. The molecule has 2 aromatic carbocycles. The molecule has 9 rings (SSSR count). The molecule has 3 fully saturated rings. The zero-order valence-electron chi connectivity index (χ0n) is 44.6. The summed E-state index contributed by atoms with van der Waals surface area (Å²) >= 11 is 1.58. The molecule has 4 aromatic heterocycles. The Bertz CT molecular complexity index is 2940. The smallest absolute Gasteiger partial charge is 0.246 e. The Kier molecular flexibility index (Phi) is 17.9. The van der Waals surface area contributed by atoms with Gasteiger partial charge in [-0.1, -0.05) is 57.9 Å². The number of piperidine rings is 1. The van der Waals surface area contributed by atoms with Crippen LogP contribution in [0.4, 0.5) is 39.2 Å². The van der Waals surface area contributed by atoms with Crippen LogP contribution in [0.3, 0.4) is 0 Å². The summed E-state index contributed by atoms with van der Waals surface area (Å²) in [7, 11) is 0. The molecule has 20 heteroatoms. The Morgan fingerprint density at radius 2 is 1.57 bits per heavy atom. The van der Waals surface area contributed by atoms with Gasteiger partial charge in [0.25, 0.3) is 0 Å². The monoisotopic (exact) mass is 1070 g/mol. The maximum Gasteiger partial charge on any atom is 0.246 e. The van der Waals surface area contributed by atoms with Gasteiger partial charge in [0.1, 0.15) is 35.4 Å². The Labute approximate surface area is 453 Å². The predicted molar refractivity (Wildman–Crippen MR) is 300 cm³/mol. The summed E-state index contributed by atoms with van der Waals surface area (Å²) in [5, 5.41) is 33.8. The molecule has 0 saturated carbocycles. The van der Waals surface area contributed by atoms with Crippen molar-refractivity contribution < 1.29 is 29.0 Å². The molecule has 6 aromatic rings. The number of aryl methyl sites for hydroxylation is 1. The first-order chi connectivity index (χ1) is 37.2. The van der Waals surface area contributed by atoms with Crippen LogP contribution in [0.2, 0.25) is 0 Å². The van der Waals surface area contributed by atoms with Gasteiger partial charge in [0.05, 0.1) is 45.8 Å². The van der Waals surface area contributed by atoms with Gasteiger partial charge in [-0.25, -0.2) is 24.3 Å². The van der Waals surface area contributed by atoms with E-state index in [0.717, 1.165) is 117 Å². The number of amides is 3. The maximum atomic E-state index is 14.1. The normalized spacial score (nSPS) is 17.9. The van der Waals surface area contributed by atoms with E-state index in [1.54, 1.807) is 29.7 Å². The van der Waals surface area contributed by atoms with E-state index in [1.165, 1.54) is 17.0 Å². The van der Waals surface area contributed by atoms with Gasteiger partial charge >= 0.3 is 0 Å². The highest BCUT2D eigenvalue weighted by Crippen LogP contribution is 2.33. The van der Waals surface area contributed by atoms with E-state index in [9.17, 15) is 29.0 Å². The lowest BCUT2D eigenvalue weighted by Crippen LogP contribution is -2.57. The zero-order chi connectivity index (χ0) is 54.1. The number of carbonyl (C=O) groups excluding carboxylic acids is 3. The number of halogens is 1. The Morgan fingerprint density at radius 3 is 2.26 bits per heavy atom. The van der Waals surface area contributed by atoms with Crippen LogP contribution in [0.1, 0.15) is 83.4 Å². The van der Waals surface area contributed by atoms with E-state index in [2.05, 4.69) is 52.0 Å². The third kappa shape index (κ3) is 14.2. The number of piperazine rings is 1. The fraction of sp³-hybridized carbons (Fsp3) is 0.474. The van der Waals surface area contributed by atoms with E-state index in [-0.39, 0.29) is 55.6 Å². The Balaban J connectivity index is 0.694. The Morgan fingerprint density at radius 1 is 0.831 bits per heavy atom. The number of anilines is 6. The molecule has 18 nitrogen and oxygen atoms in total. The van der Waals surface area contributed by atoms with E-state index < -0.39 is 23.6 Å². The number of rotatable bonds is 20. The topological polar surface area (TPSA) is 217 Å². The van der Waals surface area contributed by atoms with Crippen molar-refractivity contribution in [2.45, 2.75) is 104 Å². The molecule has 7 heterocycles. The highest BCUT2D eigenvalue weighted by atomic mass is 32.1. The number of aliphatic hydroxyl groups excluding tert-OH is 2. The average Bonchev–Trinajstić information content (AvgIpc) is 4.08. The molecule has 3 atom stereocenters. The van der Waals surface area contributed by atoms with E-state index in [0.29, 0.717) is 41.6 Å². The number of pyridine rings is 2. The van der Waals surface area contributed by atoms with Gasteiger partial charge < -0.3 is 46.2 Å². The van der Waals surface area contributed by atoms with Gasteiger partial charge in [-0.3, -0.25) is 19.3 Å². The SMILES string of the molecule is Cc1ncsc1-c1ccc(CNC(=O)[C@@H]2C[C@@H](O)CN2C(=O)[C@@H](NC(=O)CCCCCCN2CCN(c3ccc(Nc4cc5c(N6CCC(CO)CC6)nc(Nc6ccc(F)cc6)nc5cn4)nc3)CC2)C(C)(C)C)cc1. The predicted octanol–water partition coefficient (Wildman–Crippen LogP) is 7.57. The van der Waals surface area contributed by atoms with Crippen LogP contribution in [0.15, 0.2) is 84.6 Å². The van der Waals surface area contributed by atoms with Crippen molar-refractivity contribution in [2.24, 2.45) is 11.3 Å². The van der Waals surface area contributed by atoms with Crippen LogP contribution in [-0.2, 0) is 20.9 Å². The molecule has 77 heavy (non-hydrogen) atoms. The number of benzene rings is 2. The molecular weight excluding hydrogens is 998 g/mol. The summed E-state index contributed by atoms with van der Waals surface area (Å²) in [6.45, 7) is 14.3. The largest absolute Gasteiger partial charge is 0.396 e. The zero-order valence-corrected chi connectivity index (χ0v) is 45.4. The van der Waals surface area contributed by atoms with E-state index >= 15 is 0 Å². The fourth-order valence-electron chi connectivity index (χ4n) is 10.4. The number of hydrogen-bond donors (Lipinski definition) is 6. The number of aromatic nitrogens is 5. The van der Waals surface area contributed by atoms with Crippen LogP contribution in [0.25, 0.3) is 21.3 Å². The first-order valence-electron chi connectivity index (χ1n) is 27.0. The van der Waals surface area contributed by atoms with Gasteiger partial charge in [-0.05, 0) is 104 Å². The summed E-state index contributed by atoms with van der Waals surface area (Å²) in [5.41, 5.74) is 6.54. The van der Waals surface area contributed by atoms with Crippen molar-refractivity contribution in [3.05, 3.63) is 102 Å². The summed E-state index contributed by atoms with van der Waals surface area (Å²) in [6.07, 6.45) is 8.54. The van der Waals surface area contributed by atoms with Crippen molar-refractivity contribution in [1.82, 2.24) is 45.4 Å². The molecule has 3 aliphatic rings. The molecule has 0 aliphatic carbocycles. The number of fused-ring (bicyclic) bond motifs is 1. The number of carbonyl (C=O) groups is 3. The molecule has 3 aliphatic heterocycles. The summed E-state index contributed by atoms with van der Waals surface area (Å²) in [6, 6.07) is 18.3. The van der Waals surface area contributed by atoms with Crippen LogP contribution < -0.4 is 31.1 Å². The number of unbranched alkanes of at least 4 members (excludes halogenated alkanes) is 3. The first-order valence-corrected chi connectivity index (χ1v) is 27.9. The minimum absolute atomic E-state index is 0.0294. The molecule has 0 bridgehead atoms. The lowest BCUT2D eigenvalue weighted by Gasteiger charge is -2.36. The lowest BCUT2D eigenvalue weighted by atomic mass is 9.85. The highest BCUT2D eigenvalue weighted by molar-refractivity contribution is 7.13. The molecular formula is C57H72FN13O5S. The number of thiazole rings is 1. The Hall–Kier alpha value is -6.87. The summed E-state index contributed by atoms with van der Waals surface area (Å²) in [5.74, 6) is 1.48. The van der Waals surface area contributed by atoms with Crippen molar-refractivity contribution in [3.8, 4) is 10.4 Å². The van der Waals surface area contributed by atoms with Crippen molar-refractivity contribution >= 4 is 74.7 Å². The molecule has 0 unspecified atom stereocenters. The lowest BCUT2D eigenvalue weighted by molar-refractivity contribution is -0.144. The van der Waals surface area contributed by atoms with Crippen LogP contribution in [0, 0.1) is 24.1 Å². The number of nitrogens with zero attached hydrogens (tertiary/aromatic N) is 9. The molecule has 0 spiro atoms. The summed E-state index contributed by atoms with van der Waals surface area (Å²) in [4.78, 5) is 74.0. The third-order valence-electron chi connectivity index (χ3n) is 14.9. The molecule has 3 amide bonds. The van der Waals surface area contributed by atoms with Gasteiger partial charge in [0, 0.05) is 82.9 Å². The van der Waals surface area contributed by atoms with Gasteiger partial charge in [-0.2, -0.15) is 4.98 Å². The highest BCUT2D eigenvalue weighted by Gasteiger charge is 2.44. The van der Waals surface area contributed by atoms with Crippen LogP contribution in [0.5, 0.6) is 0 Å². The van der Waals surface area contributed by atoms with Gasteiger partial charge in [0.2, 0.25) is 23.7 Å². The fourth-order valence-corrected chi connectivity index (χ4v) is 11.2. The minimum Gasteiger partial charge on any atom is -0.396 e. The van der Waals surface area contributed by atoms with E-state index in [1.807, 2.05) is 75.8 Å². The van der Waals surface area contributed by atoms with Gasteiger partial charge in [-0.15, -0.1) is 11.3 Å². The van der Waals surface area contributed by atoms with Crippen LogP contribution in [-0.4, -0.2) is 140 Å². The standard InChI is InChI=1S/C57H72FN13O5S/c1-37-51(77-36-62-37)40-12-10-38(11-13-40)31-61-54(75)47-29-44(73)34-71(47)55(76)52(57(2,3)4)66-50(74)9-7-5-6-8-22-68-25-27-69(28-26-68)43-18-19-48(59-32-43)65-49-30-45-46(33-60-49)64-56(63-42-16-14-41(58)15-17-42)67-53(45)70-23-20-39(35-72)21-24-70/h10-19,30,32-33,36,39,44,47,52,72-73H,5-9,20-29,31,34-35H2,1-4H3,(H,61,75)(H,66,74)(H,59,60,65)(H,63,64,67)/t44-,47+,52-/m1/s1. The number of nitrogens with one attached hydrogen (secondary N) is 4. The molecule has 408 valence electrons. The van der Waals surface area contributed by atoms with E-state index in [4.69, 9.17) is 15.0 Å². The summed E-state index contributed by atoms with van der Waals surface area (Å²) < 4.78 is 13.6. The second-order valence-corrected chi connectivity index (χ2v) is 22.5.